The molecule has 1 aromatic carbocycles. The normalized spacial score (nSPS) is 10.5. The molecule has 0 bridgehead atoms. The lowest BCUT2D eigenvalue weighted by Gasteiger charge is -2.06. The molecule has 1 heterocycles. The van der Waals surface area contributed by atoms with Crippen LogP contribution in [0, 0.1) is 0 Å². The van der Waals surface area contributed by atoms with Gasteiger partial charge in [-0.3, -0.25) is 9.48 Å². The topological polar surface area (TPSA) is 79.0 Å². The van der Waals surface area contributed by atoms with Gasteiger partial charge in [-0.2, -0.15) is 0 Å². The number of aryl methyl sites for hydroxylation is 1. The maximum absolute atomic E-state index is 11.7. The van der Waals surface area contributed by atoms with Crippen LogP contribution in [-0.4, -0.2) is 9.36 Å². The van der Waals surface area contributed by atoms with Gasteiger partial charge in [0.05, 0.1) is 11.9 Å². The number of hydrogen-bond donors (Lipinski definition) is 2. The maximum Gasteiger partial charge on any atom is 0.294 e. The molecule has 0 fully saturated rings. The average Bonchev–Trinajstić information content (AvgIpc) is 2.44. The molecular formula is C10H12N4O. The third-order valence-electron chi connectivity index (χ3n) is 2.22. The fraction of sp³-hybridized carbons (Fsp3) is 0.100. The van der Waals surface area contributed by atoms with Gasteiger partial charge in [0.1, 0.15) is 5.69 Å². The van der Waals surface area contributed by atoms with Gasteiger partial charge in [-0.15, -0.1) is 0 Å². The minimum atomic E-state index is -0.220. The summed E-state index contributed by atoms with van der Waals surface area (Å²) in [5.41, 5.74) is 12.5. The molecular weight excluding hydrogens is 192 g/mol. The maximum atomic E-state index is 11.7. The van der Waals surface area contributed by atoms with E-state index in [2.05, 4.69) is 0 Å². The number of nitrogen functional groups attached to an aromatic ring is 2. The van der Waals surface area contributed by atoms with Gasteiger partial charge < -0.3 is 11.5 Å². The second kappa shape index (κ2) is 3.20. The molecule has 2 rings (SSSR count). The van der Waals surface area contributed by atoms with Crippen molar-refractivity contribution in [1.29, 1.82) is 0 Å². The summed E-state index contributed by atoms with van der Waals surface area (Å²) >= 11 is 0. The third-order valence-corrected chi connectivity index (χ3v) is 2.22. The Kier molecular flexibility index (Phi) is 2.00. The lowest BCUT2D eigenvalue weighted by Crippen LogP contribution is -2.20. The summed E-state index contributed by atoms with van der Waals surface area (Å²) in [4.78, 5) is 11.7. The molecule has 0 amide bonds. The summed E-state index contributed by atoms with van der Waals surface area (Å²) in [5, 5.41) is 0. The van der Waals surface area contributed by atoms with Crippen molar-refractivity contribution in [2.45, 2.75) is 0 Å². The molecule has 0 aliphatic heterocycles. The zero-order valence-electron chi connectivity index (χ0n) is 8.34. The number of hydrogen-bond acceptors (Lipinski definition) is 3. The van der Waals surface area contributed by atoms with E-state index in [1.165, 1.54) is 4.68 Å². The Morgan fingerprint density at radius 1 is 1.13 bits per heavy atom. The van der Waals surface area contributed by atoms with Crippen molar-refractivity contribution in [1.82, 2.24) is 9.36 Å². The highest BCUT2D eigenvalue weighted by Gasteiger charge is 2.07. The largest absolute Gasteiger partial charge is 0.399 e. The van der Waals surface area contributed by atoms with Gasteiger partial charge in [0, 0.05) is 12.7 Å². The molecule has 0 saturated heterocycles. The van der Waals surface area contributed by atoms with E-state index in [0.717, 1.165) is 5.69 Å². The van der Waals surface area contributed by atoms with Crippen molar-refractivity contribution >= 4 is 11.4 Å². The number of benzene rings is 1. The highest BCUT2D eigenvalue weighted by atomic mass is 16.1. The van der Waals surface area contributed by atoms with Gasteiger partial charge in [0.25, 0.3) is 5.56 Å². The SMILES string of the molecule is Cn1cc(N)c(=O)n1-c1ccc(N)cc1. The quantitative estimate of drug-likeness (QED) is 0.657. The Balaban J connectivity index is 2.64. The number of nitrogens with two attached hydrogens (primary N) is 2. The Bertz CT molecular complexity index is 536. The molecule has 0 radical (unpaired) electrons. The standard InChI is InChI=1S/C10H12N4O/c1-13-6-9(12)10(15)14(13)8-4-2-7(11)3-5-8/h2-6H,11-12H2,1H3. The Morgan fingerprint density at radius 2 is 1.73 bits per heavy atom. The summed E-state index contributed by atoms with van der Waals surface area (Å²) in [6, 6.07) is 7.03. The van der Waals surface area contributed by atoms with Crippen LogP contribution in [0.5, 0.6) is 0 Å². The summed E-state index contributed by atoms with van der Waals surface area (Å²) in [6.07, 6.45) is 1.58. The van der Waals surface area contributed by atoms with Gasteiger partial charge >= 0.3 is 0 Å². The van der Waals surface area contributed by atoms with Crippen molar-refractivity contribution in [2.75, 3.05) is 11.5 Å². The van der Waals surface area contributed by atoms with Crippen LogP contribution in [0.4, 0.5) is 11.4 Å². The number of anilines is 2. The lowest BCUT2D eigenvalue weighted by molar-refractivity contribution is 0.646. The number of nitrogens with zero attached hydrogens (tertiary/aromatic N) is 2. The van der Waals surface area contributed by atoms with Crippen LogP contribution in [-0.2, 0) is 7.05 Å². The highest BCUT2D eigenvalue weighted by Crippen LogP contribution is 2.09. The van der Waals surface area contributed by atoms with Crippen molar-refractivity contribution in [3.05, 3.63) is 40.8 Å². The number of rotatable bonds is 1. The molecule has 0 aliphatic carbocycles. The molecule has 5 nitrogen and oxygen atoms in total. The van der Waals surface area contributed by atoms with E-state index in [4.69, 9.17) is 11.5 Å². The van der Waals surface area contributed by atoms with E-state index in [0.29, 0.717) is 5.69 Å². The summed E-state index contributed by atoms with van der Waals surface area (Å²) in [7, 11) is 1.76. The van der Waals surface area contributed by atoms with Crippen molar-refractivity contribution in [3.63, 3.8) is 0 Å². The third kappa shape index (κ3) is 1.48. The van der Waals surface area contributed by atoms with E-state index in [1.807, 2.05) is 0 Å². The van der Waals surface area contributed by atoms with Gasteiger partial charge in [0.15, 0.2) is 0 Å². The van der Waals surface area contributed by atoms with Crippen LogP contribution in [0.2, 0.25) is 0 Å². The molecule has 1 aromatic heterocycles. The molecule has 78 valence electrons. The molecule has 0 unspecified atom stereocenters. The van der Waals surface area contributed by atoms with E-state index in [1.54, 1.807) is 42.2 Å². The second-order valence-corrected chi connectivity index (χ2v) is 3.37. The fourth-order valence-electron chi connectivity index (χ4n) is 1.49. The first-order chi connectivity index (χ1) is 7.09. The van der Waals surface area contributed by atoms with E-state index in [-0.39, 0.29) is 11.2 Å². The summed E-state index contributed by atoms with van der Waals surface area (Å²) in [6.45, 7) is 0. The van der Waals surface area contributed by atoms with Crippen LogP contribution in [0.3, 0.4) is 0 Å². The minimum absolute atomic E-state index is 0.220. The van der Waals surface area contributed by atoms with E-state index >= 15 is 0 Å². The predicted molar refractivity (Wildman–Crippen MR) is 59.8 cm³/mol. The average molecular weight is 204 g/mol. The second-order valence-electron chi connectivity index (χ2n) is 3.37. The lowest BCUT2D eigenvalue weighted by atomic mass is 10.3. The smallest absolute Gasteiger partial charge is 0.294 e. The van der Waals surface area contributed by atoms with Crippen LogP contribution >= 0.6 is 0 Å². The summed E-state index contributed by atoms with van der Waals surface area (Å²) in [5.74, 6) is 0. The van der Waals surface area contributed by atoms with Crippen molar-refractivity contribution in [3.8, 4) is 5.69 Å². The van der Waals surface area contributed by atoms with Crippen molar-refractivity contribution < 1.29 is 0 Å². The van der Waals surface area contributed by atoms with Crippen LogP contribution < -0.4 is 17.0 Å². The highest BCUT2D eigenvalue weighted by molar-refractivity contribution is 5.46. The number of aromatic nitrogens is 2. The zero-order valence-corrected chi connectivity index (χ0v) is 8.34. The molecule has 0 saturated carbocycles. The van der Waals surface area contributed by atoms with Gasteiger partial charge in [-0.05, 0) is 24.3 Å². The van der Waals surface area contributed by atoms with Gasteiger partial charge in [0.2, 0.25) is 0 Å². The Labute approximate surface area is 86.5 Å². The molecule has 0 aliphatic rings. The van der Waals surface area contributed by atoms with Gasteiger partial charge in [-0.1, -0.05) is 0 Å². The first-order valence-corrected chi connectivity index (χ1v) is 4.49. The van der Waals surface area contributed by atoms with Crippen LogP contribution in [0.1, 0.15) is 0 Å². The Morgan fingerprint density at radius 3 is 2.20 bits per heavy atom. The first kappa shape index (κ1) is 9.39. The molecule has 2 aromatic rings. The molecule has 4 N–H and O–H groups in total. The molecule has 0 atom stereocenters. The fourth-order valence-corrected chi connectivity index (χ4v) is 1.49. The molecule has 5 heteroatoms. The Hall–Kier alpha value is -2.17. The summed E-state index contributed by atoms with van der Waals surface area (Å²) < 4.78 is 3.12. The van der Waals surface area contributed by atoms with E-state index < -0.39 is 0 Å². The molecule has 15 heavy (non-hydrogen) atoms. The predicted octanol–water partition coefficient (Wildman–Crippen LogP) is 0.340. The van der Waals surface area contributed by atoms with Gasteiger partial charge in [-0.25, -0.2) is 4.68 Å². The monoisotopic (exact) mass is 204 g/mol. The first-order valence-electron chi connectivity index (χ1n) is 4.49. The zero-order chi connectivity index (χ0) is 11.0. The van der Waals surface area contributed by atoms with Crippen molar-refractivity contribution in [2.24, 2.45) is 7.05 Å². The minimum Gasteiger partial charge on any atom is -0.399 e. The van der Waals surface area contributed by atoms with Crippen LogP contribution in [0.25, 0.3) is 5.69 Å². The molecule has 0 spiro atoms. The van der Waals surface area contributed by atoms with E-state index in [9.17, 15) is 4.79 Å². The van der Waals surface area contributed by atoms with Crippen LogP contribution in [0.15, 0.2) is 35.3 Å².